The SMILES string of the molecule is COC1=NCC2(COC2)Cn2cc(Br)cc21. The van der Waals surface area contributed by atoms with E-state index in [0.717, 1.165) is 42.4 Å². The van der Waals surface area contributed by atoms with Gasteiger partial charge in [0.2, 0.25) is 5.90 Å². The van der Waals surface area contributed by atoms with Gasteiger partial charge in [0.25, 0.3) is 0 Å². The van der Waals surface area contributed by atoms with Gasteiger partial charge in [0, 0.05) is 17.2 Å². The van der Waals surface area contributed by atoms with Gasteiger partial charge in [-0.05, 0) is 22.0 Å². The van der Waals surface area contributed by atoms with Crippen LogP contribution in [0.15, 0.2) is 21.7 Å². The van der Waals surface area contributed by atoms with Crippen molar-refractivity contribution >= 4 is 21.8 Å². The van der Waals surface area contributed by atoms with E-state index in [0.29, 0.717) is 0 Å². The molecule has 0 unspecified atom stereocenters. The lowest BCUT2D eigenvalue weighted by atomic mass is 9.86. The molecule has 86 valence electrons. The lowest BCUT2D eigenvalue weighted by molar-refractivity contribution is -0.114. The minimum Gasteiger partial charge on any atom is -0.480 e. The Morgan fingerprint density at radius 2 is 2.38 bits per heavy atom. The second kappa shape index (κ2) is 3.60. The van der Waals surface area contributed by atoms with Gasteiger partial charge in [-0.3, -0.25) is 0 Å². The standard InChI is InChI=1S/C11H13BrN2O2/c1-15-10-9-2-8(12)3-14(9)5-11(4-13-10)6-16-7-11/h2-3H,4-7H2,1H3. The number of aliphatic imine (C=N–C) groups is 1. The van der Waals surface area contributed by atoms with Gasteiger partial charge >= 0.3 is 0 Å². The molecule has 2 aliphatic rings. The summed E-state index contributed by atoms with van der Waals surface area (Å²) in [4.78, 5) is 4.54. The normalized spacial score (nSPS) is 22.0. The number of halogens is 1. The highest BCUT2D eigenvalue weighted by Crippen LogP contribution is 2.33. The Morgan fingerprint density at radius 3 is 3.00 bits per heavy atom. The molecule has 5 heteroatoms. The Kier molecular flexibility index (Phi) is 2.33. The van der Waals surface area contributed by atoms with Crippen LogP contribution in [0.3, 0.4) is 0 Å². The van der Waals surface area contributed by atoms with Crippen LogP contribution in [0.2, 0.25) is 0 Å². The van der Waals surface area contributed by atoms with E-state index < -0.39 is 0 Å². The zero-order chi connectivity index (χ0) is 11.2. The molecular formula is C11H13BrN2O2. The number of hydrogen-bond donors (Lipinski definition) is 0. The summed E-state index contributed by atoms with van der Waals surface area (Å²) in [6.45, 7) is 3.32. The highest BCUT2D eigenvalue weighted by Gasteiger charge is 2.41. The maximum atomic E-state index is 5.34. The molecule has 1 saturated heterocycles. The number of hydrogen-bond acceptors (Lipinski definition) is 3. The molecule has 4 nitrogen and oxygen atoms in total. The van der Waals surface area contributed by atoms with Crippen LogP contribution in [-0.2, 0) is 16.0 Å². The third-order valence-electron chi connectivity index (χ3n) is 3.16. The third-order valence-corrected chi connectivity index (χ3v) is 3.59. The molecule has 0 atom stereocenters. The van der Waals surface area contributed by atoms with Crippen LogP contribution in [0.1, 0.15) is 5.69 Å². The van der Waals surface area contributed by atoms with Crippen LogP contribution in [0.4, 0.5) is 0 Å². The van der Waals surface area contributed by atoms with Gasteiger partial charge in [0.05, 0.1) is 32.3 Å². The summed E-state index contributed by atoms with van der Waals surface area (Å²) in [7, 11) is 1.67. The van der Waals surface area contributed by atoms with Gasteiger partial charge in [-0.2, -0.15) is 0 Å². The van der Waals surface area contributed by atoms with Crippen molar-refractivity contribution in [2.75, 3.05) is 26.9 Å². The first-order chi connectivity index (χ1) is 7.72. The summed E-state index contributed by atoms with van der Waals surface area (Å²) >= 11 is 3.49. The van der Waals surface area contributed by atoms with Gasteiger partial charge in [0.1, 0.15) is 5.69 Å². The minimum atomic E-state index is 0.174. The molecule has 1 aromatic rings. The lowest BCUT2D eigenvalue weighted by Crippen LogP contribution is -2.47. The number of fused-ring (bicyclic) bond motifs is 1. The zero-order valence-corrected chi connectivity index (χ0v) is 10.7. The fourth-order valence-corrected chi connectivity index (χ4v) is 2.72. The number of methoxy groups -OCH3 is 1. The maximum absolute atomic E-state index is 5.34. The van der Waals surface area contributed by atoms with E-state index in [2.05, 4.69) is 31.7 Å². The third kappa shape index (κ3) is 1.50. The van der Waals surface area contributed by atoms with E-state index in [9.17, 15) is 0 Å². The molecule has 1 spiro atoms. The molecule has 0 aliphatic carbocycles. The average molecular weight is 285 g/mol. The van der Waals surface area contributed by atoms with Gasteiger partial charge in [-0.15, -0.1) is 0 Å². The van der Waals surface area contributed by atoms with E-state index in [1.54, 1.807) is 7.11 Å². The summed E-state index contributed by atoms with van der Waals surface area (Å²) in [5.74, 6) is 0.717. The van der Waals surface area contributed by atoms with E-state index >= 15 is 0 Å². The molecule has 0 aromatic carbocycles. The first-order valence-corrected chi connectivity index (χ1v) is 6.04. The molecule has 0 N–H and O–H groups in total. The summed E-state index contributed by atoms with van der Waals surface area (Å²) < 4.78 is 13.9. The molecule has 3 rings (SSSR count). The first-order valence-electron chi connectivity index (χ1n) is 5.25. The predicted octanol–water partition coefficient (Wildman–Crippen LogP) is 1.67. The molecule has 1 aromatic heterocycles. The van der Waals surface area contributed by atoms with Crippen molar-refractivity contribution in [1.29, 1.82) is 0 Å². The Bertz CT molecular complexity index is 449. The van der Waals surface area contributed by atoms with E-state index in [1.165, 1.54) is 0 Å². The average Bonchev–Trinajstić information content (AvgIpc) is 2.48. The Morgan fingerprint density at radius 1 is 1.56 bits per heavy atom. The van der Waals surface area contributed by atoms with Gasteiger partial charge in [-0.1, -0.05) is 0 Å². The van der Waals surface area contributed by atoms with Crippen molar-refractivity contribution in [3.63, 3.8) is 0 Å². The minimum absolute atomic E-state index is 0.174. The Labute approximate surface area is 102 Å². The fourth-order valence-electron chi connectivity index (χ4n) is 2.26. The van der Waals surface area contributed by atoms with E-state index in [4.69, 9.17) is 9.47 Å². The number of rotatable bonds is 0. The van der Waals surface area contributed by atoms with Crippen LogP contribution in [0.25, 0.3) is 0 Å². The molecule has 2 aliphatic heterocycles. The summed E-state index contributed by atoms with van der Waals surface area (Å²) in [6.07, 6.45) is 2.08. The van der Waals surface area contributed by atoms with E-state index in [1.807, 2.05) is 6.07 Å². The molecule has 1 fully saturated rings. The maximum Gasteiger partial charge on any atom is 0.233 e. The molecule has 0 radical (unpaired) electrons. The van der Waals surface area contributed by atoms with Crippen molar-refractivity contribution in [2.45, 2.75) is 6.54 Å². The topological polar surface area (TPSA) is 35.8 Å². The molecule has 16 heavy (non-hydrogen) atoms. The number of ether oxygens (including phenoxy) is 2. The van der Waals surface area contributed by atoms with Crippen LogP contribution < -0.4 is 0 Å². The highest BCUT2D eigenvalue weighted by molar-refractivity contribution is 9.10. The van der Waals surface area contributed by atoms with Crippen molar-refractivity contribution < 1.29 is 9.47 Å². The van der Waals surface area contributed by atoms with Crippen LogP contribution in [0, 0.1) is 5.41 Å². The monoisotopic (exact) mass is 284 g/mol. The second-order valence-corrected chi connectivity index (χ2v) is 5.41. The molecule has 0 amide bonds. The van der Waals surface area contributed by atoms with Crippen LogP contribution in [0.5, 0.6) is 0 Å². The quantitative estimate of drug-likeness (QED) is 0.727. The summed E-state index contributed by atoms with van der Waals surface area (Å²) in [5.41, 5.74) is 1.21. The Hall–Kier alpha value is -0.810. The Balaban J connectivity index is 2.04. The largest absolute Gasteiger partial charge is 0.480 e. The van der Waals surface area contributed by atoms with Crippen LogP contribution in [-0.4, -0.2) is 37.3 Å². The van der Waals surface area contributed by atoms with Gasteiger partial charge in [0.15, 0.2) is 0 Å². The highest BCUT2D eigenvalue weighted by atomic mass is 79.9. The fraction of sp³-hybridized carbons (Fsp3) is 0.545. The molecule has 3 heterocycles. The van der Waals surface area contributed by atoms with Crippen molar-refractivity contribution in [3.8, 4) is 0 Å². The first kappa shape index (κ1) is 10.4. The number of nitrogens with zero attached hydrogens (tertiary/aromatic N) is 2. The van der Waals surface area contributed by atoms with Crippen molar-refractivity contribution in [1.82, 2.24) is 4.57 Å². The summed E-state index contributed by atoms with van der Waals surface area (Å²) in [6, 6.07) is 2.04. The van der Waals surface area contributed by atoms with Crippen LogP contribution >= 0.6 is 15.9 Å². The number of aromatic nitrogens is 1. The summed E-state index contributed by atoms with van der Waals surface area (Å²) in [5, 5.41) is 0. The van der Waals surface area contributed by atoms with Crippen molar-refractivity contribution in [2.24, 2.45) is 10.4 Å². The molecular weight excluding hydrogens is 272 g/mol. The van der Waals surface area contributed by atoms with Gasteiger partial charge in [-0.25, -0.2) is 4.99 Å². The zero-order valence-electron chi connectivity index (χ0n) is 9.07. The molecule has 0 saturated carbocycles. The smallest absolute Gasteiger partial charge is 0.233 e. The second-order valence-electron chi connectivity index (χ2n) is 4.49. The van der Waals surface area contributed by atoms with Crippen molar-refractivity contribution in [3.05, 3.63) is 22.4 Å². The van der Waals surface area contributed by atoms with Gasteiger partial charge < -0.3 is 14.0 Å². The van der Waals surface area contributed by atoms with E-state index in [-0.39, 0.29) is 5.41 Å². The predicted molar refractivity (Wildman–Crippen MR) is 63.8 cm³/mol. The lowest BCUT2D eigenvalue weighted by Gasteiger charge is -2.39. The molecule has 0 bridgehead atoms.